The van der Waals surface area contributed by atoms with Crippen molar-refractivity contribution in [3.05, 3.63) is 60.2 Å². The summed E-state index contributed by atoms with van der Waals surface area (Å²) in [5.41, 5.74) is 0.409. The van der Waals surface area contributed by atoms with Crippen molar-refractivity contribution in [2.24, 2.45) is 0 Å². The molecule has 1 aromatic heterocycles. The minimum atomic E-state index is -2.54. The summed E-state index contributed by atoms with van der Waals surface area (Å²) < 4.78 is 27.8. The van der Waals surface area contributed by atoms with Crippen LogP contribution in [0.15, 0.2) is 48.8 Å². The van der Waals surface area contributed by atoms with Crippen LogP contribution < -0.4 is 0 Å². The molecule has 2 rings (SSSR count). The number of hydrogen-bond donors (Lipinski definition) is 0. The van der Waals surface area contributed by atoms with Crippen LogP contribution in [0.2, 0.25) is 0 Å². The van der Waals surface area contributed by atoms with Gasteiger partial charge in [0, 0.05) is 24.5 Å². The largest absolute Gasteiger partial charge is 0.323 e. The van der Waals surface area contributed by atoms with E-state index in [9.17, 15) is 13.8 Å². The summed E-state index contributed by atoms with van der Waals surface area (Å²) in [6, 6.07) is 9.56. The zero-order valence-electron chi connectivity index (χ0n) is 12.9. The standard InChI is InChI=1S/C17H21FNO2P/c1-3-22(21,4-2)16(14-7-9-15(18)10-8-14)13-17(20)19-11-5-6-12-19/h5-12,16H,3-4,13H2,1-2H3/t16-/m0/s1. The van der Waals surface area contributed by atoms with Gasteiger partial charge in [-0.2, -0.15) is 0 Å². The molecule has 0 spiro atoms. The lowest BCUT2D eigenvalue weighted by atomic mass is 10.1. The zero-order chi connectivity index (χ0) is 16.2. The van der Waals surface area contributed by atoms with Crippen LogP contribution in [-0.4, -0.2) is 22.8 Å². The predicted octanol–water partition coefficient (Wildman–Crippen LogP) is 4.80. The molecule has 1 heterocycles. The third kappa shape index (κ3) is 3.56. The summed E-state index contributed by atoms with van der Waals surface area (Å²) >= 11 is 0. The van der Waals surface area contributed by atoms with Crippen LogP contribution in [0.3, 0.4) is 0 Å². The summed E-state index contributed by atoms with van der Waals surface area (Å²) in [6.45, 7) is 3.78. The molecule has 0 fully saturated rings. The Hall–Kier alpha value is -1.67. The van der Waals surface area contributed by atoms with E-state index < -0.39 is 7.14 Å². The maximum Gasteiger partial charge on any atom is 0.231 e. The lowest BCUT2D eigenvalue weighted by Gasteiger charge is -2.26. The van der Waals surface area contributed by atoms with Crippen LogP contribution in [0.5, 0.6) is 0 Å². The van der Waals surface area contributed by atoms with Gasteiger partial charge in [0.15, 0.2) is 0 Å². The Labute approximate surface area is 130 Å². The lowest BCUT2D eigenvalue weighted by Crippen LogP contribution is -2.15. The smallest absolute Gasteiger partial charge is 0.231 e. The summed E-state index contributed by atoms with van der Waals surface area (Å²) in [7, 11) is -2.54. The molecule has 0 aliphatic carbocycles. The highest BCUT2D eigenvalue weighted by molar-refractivity contribution is 7.64. The van der Waals surface area contributed by atoms with Gasteiger partial charge in [-0.3, -0.25) is 9.36 Å². The van der Waals surface area contributed by atoms with Crippen molar-refractivity contribution in [2.75, 3.05) is 12.3 Å². The number of nitrogens with zero attached hydrogens (tertiary/aromatic N) is 1. The van der Waals surface area contributed by atoms with Gasteiger partial charge in [0.05, 0.1) is 7.14 Å². The van der Waals surface area contributed by atoms with Gasteiger partial charge in [0.1, 0.15) is 5.82 Å². The number of benzene rings is 1. The normalized spacial score (nSPS) is 13.0. The van der Waals surface area contributed by atoms with Crippen LogP contribution in [0.1, 0.15) is 36.3 Å². The fraction of sp³-hybridized carbons (Fsp3) is 0.353. The number of aromatic nitrogens is 1. The number of carbonyl (C=O) groups is 1. The topological polar surface area (TPSA) is 39.1 Å². The van der Waals surface area contributed by atoms with Gasteiger partial charge >= 0.3 is 0 Å². The average Bonchev–Trinajstić information content (AvgIpc) is 3.07. The molecule has 0 radical (unpaired) electrons. The number of hydrogen-bond acceptors (Lipinski definition) is 2. The van der Waals surface area contributed by atoms with Gasteiger partial charge in [-0.25, -0.2) is 4.39 Å². The maximum atomic E-state index is 13.2. The van der Waals surface area contributed by atoms with Crippen molar-refractivity contribution >= 4 is 13.0 Å². The minimum Gasteiger partial charge on any atom is -0.323 e. The second-order valence-corrected chi connectivity index (χ2v) is 9.13. The molecule has 22 heavy (non-hydrogen) atoms. The van der Waals surface area contributed by atoms with E-state index >= 15 is 0 Å². The first-order chi connectivity index (χ1) is 10.5. The Bertz CT molecular complexity index is 656. The van der Waals surface area contributed by atoms with Gasteiger partial charge in [0.25, 0.3) is 0 Å². The molecule has 0 bridgehead atoms. The molecule has 0 N–H and O–H groups in total. The molecule has 0 amide bonds. The SMILES string of the molecule is CCP(=O)(CC)[C@@H](CC(=O)n1cccc1)c1ccc(F)cc1. The van der Waals surface area contributed by atoms with Crippen molar-refractivity contribution in [2.45, 2.75) is 25.9 Å². The minimum absolute atomic E-state index is 0.0959. The molecule has 2 aromatic rings. The van der Waals surface area contributed by atoms with E-state index in [-0.39, 0.29) is 23.8 Å². The fourth-order valence-corrected chi connectivity index (χ4v) is 5.21. The Morgan fingerprint density at radius 1 is 1.14 bits per heavy atom. The van der Waals surface area contributed by atoms with Crippen molar-refractivity contribution in [1.29, 1.82) is 0 Å². The Morgan fingerprint density at radius 2 is 1.68 bits per heavy atom. The molecule has 5 heteroatoms. The summed E-state index contributed by atoms with van der Waals surface area (Å²) in [5.74, 6) is -0.427. The first-order valence-electron chi connectivity index (χ1n) is 7.49. The molecule has 1 atom stereocenters. The first-order valence-corrected chi connectivity index (χ1v) is 9.64. The fourth-order valence-electron chi connectivity index (χ4n) is 2.68. The molecule has 0 saturated heterocycles. The number of carbonyl (C=O) groups excluding carboxylic acids is 1. The quantitative estimate of drug-likeness (QED) is 0.717. The maximum absolute atomic E-state index is 13.2. The summed E-state index contributed by atoms with van der Waals surface area (Å²) in [6.07, 6.45) is 4.61. The van der Waals surface area contributed by atoms with Crippen LogP contribution in [0.25, 0.3) is 0 Å². The van der Waals surface area contributed by atoms with Crippen LogP contribution in [0, 0.1) is 5.82 Å². The van der Waals surface area contributed by atoms with E-state index in [1.54, 1.807) is 36.7 Å². The van der Waals surface area contributed by atoms with Gasteiger partial charge in [0.2, 0.25) is 5.91 Å². The second kappa shape index (κ2) is 7.06. The van der Waals surface area contributed by atoms with Crippen molar-refractivity contribution in [1.82, 2.24) is 4.57 Å². The Balaban J connectivity index is 2.35. The second-order valence-electron chi connectivity index (χ2n) is 5.34. The lowest BCUT2D eigenvalue weighted by molar-refractivity contribution is 0.0901. The molecule has 0 aliphatic heterocycles. The third-order valence-electron chi connectivity index (χ3n) is 4.15. The molecular weight excluding hydrogens is 300 g/mol. The molecule has 118 valence electrons. The van der Waals surface area contributed by atoms with Gasteiger partial charge in [-0.1, -0.05) is 26.0 Å². The van der Waals surface area contributed by atoms with Crippen LogP contribution >= 0.6 is 7.14 Å². The molecule has 0 unspecified atom stereocenters. The van der Waals surface area contributed by atoms with E-state index in [0.717, 1.165) is 5.56 Å². The van der Waals surface area contributed by atoms with E-state index in [1.807, 2.05) is 13.8 Å². The highest BCUT2D eigenvalue weighted by Gasteiger charge is 2.33. The van der Waals surface area contributed by atoms with E-state index in [0.29, 0.717) is 12.3 Å². The zero-order valence-corrected chi connectivity index (χ0v) is 13.8. The molecular formula is C17H21FNO2P. The van der Waals surface area contributed by atoms with Crippen LogP contribution in [0.4, 0.5) is 4.39 Å². The molecule has 0 saturated carbocycles. The Morgan fingerprint density at radius 3 is 2.18 bits per heavy atom. The Kier molecular flexibility index (Phi) is 5.36. The third-order valence-corrected chi connectivity index (χ3v) is 7.91. The van der Waals surface area contributed by atoms with Crippen molar-refractivity contribution in [3.8, 4) is 0 Å². The average molecular weight is 321 g/mol. The van der Waals surface area contributed by atoms with E-state index in [2.05, 4.69) is 0 Å². The highest BCUT2D eigenvalue weighted by atomic mass is 31.2. The number of rotatable bonds is 6. The number of halogens is 1. The van der Waals surface area contributed by atoms with E-state index in [4.69, 9.17) is 0 Å². The van der Waals surface area contributed by atoms with Gasteiger partial charge < -0.3 is 4.57 Å². The van der Waals surface area contributed by atoms with E-state index in [1.165, 1.54) is 16.7 Å². The van der Waals surface area contributed by atoms with Crippen molar-refractivity contribution < 1.29 is 13.8 Å². The molecule has 3 nitrogen and oxygen atoms in total. The first kappa shape index (κ1) is 16.7. The predicted molar refractivity (Wildman–Crippen MR) is 87.5 cm³/mol. The van der Waals surface area contributed by atoms with Gasteiger partial charge in [-0.05, 0) is 42.2 Å². The van der Waals surface area contributed by atoms with Gasteiger partial charge in [-0.15, -0.1) is 0 Å². The summed E-state index contributed by atoms with van der Waals surface area (Å²) in [5, 5.41) is 0. The monoisotopic (exact) mass is 321 g/mol. The van der Waals surface area contributed by atoms with Crippen molar-refractivity contribution in [3.63, 3.8) is 0 Å². The molecule has 1 aromatic carbocycles. The summed E-state index contributed by atoms with van der Waals surface area (Å²) in [4.78, 5) is 12.4. The highest BCUT2D eigenvalue weighted by Crippen LogP contribution is 2.60. The van der Waals surface area contributed by atoms with Crippen LogP contribution in [-0.2, 0) is 4.57 Å². The molecule has 0 aliphatic rings.